The van der Waals surface area contributed by atoms with Crippen molar-refractivity contribution in [2.24, 2.45) is 0 Å². The highest BCUT2D eigenvalue weighted by molar-refractivity contribution is 5.85. The van der Waals surface area contributed by atoms with E-state index < -0.39 is 0 Å². The summed E-state index contributed by atoms with van der Waals surface area (Å²) in [5.41, 5.74) is 11.8. The van der Waals surface area contributed by atoms with Gasteiger partial charge in [-0.05, 0) is 92.4 Å². The average molecular weight is 605 g/mol. The molecule has 0 aliphatic rings. The van der Waals surface area contributed by atoms with Gasteiger partial charge in [-0.1, -0.05) is 188 Å². The Kier molecular flexibility index (Phi) is 9.48. The number of fused-ring (bicyclic) bond motifs is 1. The van der Waals surface area contributed by atoms with Crippen LogP contribution in [0.15, 0.2) is 182 Å². The van der Waals surface area contributed by atoms with E-state index in [1.165, 1.54) is 60.8 Å². The second-order valence-electron chi connectivity index (χ2n) is 12.5. The van der Waals surface area contributed by atoms with Gasteiger partial charge >= 0.3 is 0 Å². The topological polar surface area (TPSA) is 0 Å². The number of hydrogen-bond donors (Lipinski definition) is 0. The molecule has 0 N–H and O–H groups in total. The van der Waals surface area contributed by atoms with E-state index >= 15 is 0 Å². The third-order valence-corrected chi connectivity index (χ3v) is 9.32. The summed E-state index contributed by atoms with van der Waals surface area (Å²) in [5.74, 6) is 0.466. The van der Waals surface area contributed by atoms with E-state index in [1.54, 1.807) is 0 Å². The molecule has 0 radical (unpaired) electrons. The monoisotopic (exact) mass is 604 g/mol. The van der Waals surface area contributed by atoms with E-state index in [9.17, 15) is 0 Å². The van der Waals surface area contributed by atoms with Gasteiger partial charge in [-0.15, -0.1) is 0 Å². The van der Waals surface area contributed by atoms with Gasteiger partial charge in [0.1, 0.15) is 0 Å². The molecule has 1 atom stereocenters. The van der Waals surface area contributed by atoms with Crippen LogP contribution < -0.4 is 0 Å². The Morgan fingerprint density at radius 2 is 1.00 bits per heavy atom. The Balaban J connectivity index is 0.989. The van der Waals surface area contributed by atoms with Gasteiger partial charge in [0.2, 0.25) is 0 Å². The number of aryl methyl sites for hydroxylation is 1. The van der Waals surface area contributed by atoms with Crippen molar-refractivity contribution in [3.05, 3.63) is 210 Å². The molecular formula is C47H40. The Bertz CT molecular complexity index is 2030. The van der Waals surface area contributed by atoms with Crippen LogP contribution in [0.25, 0.3) is 39.1 Å². The van der Waals surface area contributed by atoms with E-state index in [1.807, 2.05) is 0 Å². The van der Waals surface area contributed by atoms with Crippen molar-refractivity contribution in [2.75, 3.05) is 0 Å². The van der Waals surface area contributed by atoms with Crippen LogP contribution >= 0.6 is 0 Å². The smallest absolute Gasteiger partial charge is 0.00941 e. The van der Waals surface area contributed by atoms with Gasteiger partial charge in [-0.3, -0.25) is 0 Å². The lowest BCUT2D eigenvalue weighted by Gasteiger charge is -2.19. The minimum absolute atomic E-state index is 0.466. The maximum Gasteiger partial charge on any atom is -0.00941 e. The minimum Gasteiger partial charge on any atom is -0.0795 e. The zero-order valence-corrected chi connectivity index (χ0v) is 26.8. The molecule has 228 valence electrons. The molecule has 0 saturated carbocycles. The van der Waals surface area contributed by atoms with Gasteiger partial charge in [0.15, 0.2) is 0 Å². The molecule has 0 bridgehead atoms. The van der Waals surface area contributed by atoms with E-state index in [-0.39, 0.29) is 0 Å². The SMILES string of the molecule is C(=C\c1ccc(-c2ccc(-c3ccc(CCC(Cc4cccc5ccccc45)c4ccccc4)cc3)cc2)cc1)/Cc1ccccc1. The fraction of sp³-hybridized carbons (Fsp3) is 0.106. The third-order valence-electron chi connectivity index (χ3n) is 9.32. The molecule has 7 aromatic rings. The first-order chi connectivity index (χ1) is 23.3. The summed E-state index contributed by atoms with van der Waals surface area (Å²) in [4.78, 5) is 0. The first-order valence-electron chi connectivity index (χ1n) is 16.8. The van der Waals surface area contributed by atoms with Crippen LogP contribution in [-0.2, 0) is 19.3 Å². The van der Waals surface area contributed by atoms with Crippen LogP contribution in [0.3, 0.4) is 0 Å². The quantitative estimate of drug-likeness (QED) is 0.138. The van der Waals surface area contributed by atoms with Crippen molar-refractivity contribution in [1.29, 1.82) is 0 Å². The highest BCUT2D eigenvalue weighted by Gasteiger charge is 2.14. The second-order valence-corrected chi connectivity index (χ2v) is 12.5. The number of rotatable bonds is 11. The van der Waals surface area contributed by atoms with Crippen molar-refractivity contribution >= 4 is 16.8 Å². The number of allylic oxidation sites excluding steroid dienone is 1. The number of hydrogen-bond acceptors (Lipinski definition) is 0. The van der Waals surface area contributed by atoms with E-state index in [2.05, 4.69) is 188 Å². The Labute approximate surface area is 279 Å². The fourth-order valence-electron chi connectivity index (χ4n) is 6.64. The van der Waals surface area contributed by atoms with Crippen molar-refractivity contribution in [3.8, 4) is 22.3 Å². The first kappa shape index (κ1) is 30.2. The lowest BCUT2D eigenvalue weighted by Crippen LogP contribution is -2.05. The van der Waals surface area contributed by atoms with E-state index in [4.69, 9.17) is 0 Å². The van der Waals surface area contributed by atoms with Crippen LogP contribution in [0, 0.1) is 0 Å². The van der Waals surface area contributed by atoms with Crippen LogP contribution in [0.5, 0.6) is 0 Å². The molecule has 0 heteroatoms. The Morgan fingerprint density at radius 1 is 0.447 bits per heavy atom. The number of benzene rings is 7. The lowest BCUT2D eigenvalue weighted by molar-refractivity contribution is 0.623. The van der Waals surface area contributed by atoms with Gasteiger partial charge < -0.3 is 0 Å². The van der Waals surface area contributed by atoms with E-state index in [0.717, 1.165) is 25.7 Å². The van der Waals surface area contributed by atoms with Crippen LogP contribution in [0.1, 0.15) is 40.2 Å². The summed E-state index contributed by atoms with van der Waals surface area (Å²) in [5, 5.41) is 2.69. The predicted octanol–water partition coefficient (Wildman–Crippen LogP) is 12.4. The van der Waals surface area contributed by atoms with Gasteiger partial charge in [0.05, 0.1) is 0 Å². The third kappa shape index (κ3) is 7.68. The van der Waals surface area contributed by atoms with Crippen LogP contribution in [0.4, 0.5) is 0 Å². The Hall–Kier alpha value is -5.46. The predicted molar refractivity (Wildman–Crippen MR) is 202 cm³/mol. The fourth-order valence-corrected chi connectivity index (χ4v) is 6.64. The van der Waals surface area contributed by atoms with Crippen LogP contribution in [-0.4, -0.2) is 0 Å². The van der Waals surface area contributed by atoms with E-state index in [0.29, 0.717) is 5.92 Å². The maximum atomic E-state index is 2.31. The average Bonchev–Trinajstić information content (AvgIpc) is 3.15. The van der Waals surface area contributed by atoms with Crippen molar-refractivity contribution in [2.45, 2.75) is 31.6 Å². The highest BCUT2D eigenvalue weighted by atomic mass is 14.2. The zero-order valence-electron chi connectivity index (χ0n) is 26.8. The summed E-state index contributed by atoms with van der Waals surface area (Å²) in [7, 11) is 0. The zero-order chi connectivity index (χ0) is 31.7. The largest absolute Gasteiger partial charge is 0.0795 e. The summed E-state index contributed by atoms with van der Waals surface area (Å²) >= 11 is 0. The summed E-state index contributed by atoms with van der Waals surface area (Å²) in [6.07, 6.45) is 8.60. The Morgan fingerprint density at radius 3 is 1.68 bits per heavy atom. The molecule has 7 aromatic carbocycles. The molecule has 1 unspecified atom stereocenters. The molecule has 0 amide bonds. The normalized spacial score (nSPS) is 12.0. The molecule has 0 spiro atoms. The maximum absolute atomic E-state index is 2.31. The van der Waals surface area contributed by atoms with Gasteiger partial charge in [0, 0.05) is 0 Å². The second kappa shape index (κ2) is 14.8. The first-order valence-corrected chi connectivity index (χ1v) is 16.8. The molecule has 0 aliphatic heterocycles. The molecule has 7 rings (SSSR count). The van der Waals surface area contributed by atoms with Crippen molar-refractivity contribution in [3.63, 3.8) is 0 Å². The molecule has 0 fully saturated rings. The van der Waals surface area contributed by atoms with Gasteiger partial charge in [-0.25, -0.2) is 0 Å². The minimum atomic E-state index is 0.466. The summed E-state index contributed by atoms with van der Waals surface area (Å²) in [6.45, 7) is 0. The van der Waals surface area contributed by atoms with Crippen molar-refractivity contribution < 1.29 is 0 Å². The highest BCUT2D eigenvalue weighted by Crippen LogP contribution is 2.31. The molecular weight excluding hydrogens is 565 g/mol. The standard InChI is InChI=1S/C47H40/c1-3-11-36(12-4-1)13-9-14-37-21-26-40(27-22-37)42-31-33-43(34-32-42)41-28-23-38(24-29-41)25-30-45(39-15-5-2-6-16-39)35-46-19-10-18-44-17-7-8-20-47(44)46/h1-12,14-24,26-29,31-34,45H,13,25,30,35H2/b14-9+. The molecule has 0 heterocycles. The van der Waals surface area contributed by atoms with Crippen molar-refractivity contribution in [1.82, 2.24) is 0 Å². The summed E-state index contributed by atoms with van der Waals surface area (Å²) in [6, 6.07) is 64.1. The molecule has 47 heavy (non-hydrogen) atoms. The molecule has 0 nitrogen and oxygen atoms in total. The summed E-state index contributed by atoms with van der Waals surface area (Å²) < 4.78 is 0. The van der Waals surface area contributed by atoms with Gasteiger partial charge in [0.25, 0.3) is 0 Å². The lowest BCUT2D eigenvalue weighted by atomic mass is 9.85. The molecule has 0 saturated heterocycles. The van der Waals surface area contributed by atoms with Crippen LogP contribution in [0.2, 0.25) is 0 Å². The molecule has 0 aromatic heterocycles. The molecule has 0 aliphatic carbocycles. The van der Waals surface area contributed by atoms with Gasteiger partial charge in [-0.2, -0.15) is 0 Å².